The van der Waals surface area contributed by atoms with Crippen LogP contribution in [-0.4, -0.2) is 63.8 Å². The van der Waals surface area contributed by atoms with Crippen molar-refractivity contribution in [1.82, 2.24) is 10.2 Å². The van der Waals surface area contributed by atoms with Crippen LogP contribution >= 0.6 is 0 Å². The van der Waals surface area contributed by atoms with Crippen LogP contribution in [0.2, 0.25) is 0 Å². The van der Waals surface area contributed by atoms with Crippen molar-refractivity contribution in [3.8, 4) is 0 Å². The second kappa shape index (κ2) is 6.77. The molecule has 0 atom stereocenters. The maximum Gasteiger partial charge on any atom is 0.410 e. The molecule has 21 heavy (non-hydrogen) atoms. The fourth-order valence-corrected chi connectivity index (χ4v) is 3.66. The van der Waals surface area contributed by atoms with E-state index >= 15 is 0 Å². The van der Waals surface area contributed by atoms with E-state index in [4.69, 9.17) is 4.74 Å². The number of nitrogens with one attached hydrogen (secondary N) is 1. The second-order valence-electron chi connectivity index (χ2n) is 6.50. The molecular weight excluding hydrogens is 290 g/mol. The van der Waals surface area contributed by atoms with Crippen LogP contribution in [0.5, 0.6) is 0 Å². The highest BCUT2D eigenvalue weighted by Crippen LogP contribution is 2.12. The number of aliphatic imine (C=N–C) groups is 1. The summed E-state index contributed by atoms with van der Waals surface area (Å²) in [6.45, 7) is 7.25. The van der Waals surface area contributed by atoms with Gasteiger partial charge in [0, 0.05) is 34.9 Å². The molecule has 0 aliphatic carbocycles. The van der Waals surface area contributed by atoms with Crippen molar-refractivity contribution in [2.45, 2.75) is 45.3 Å². The Bertz CT molecular complexity index is 435. The van der Waals surface area contributed by atoms with Gasteiger partial charge in [-0.15, -0.1) is 0 Å². The fourth-order valence-electron chi connectivity index (χ4n) is 2.36. The molecule has 1 fully saturated rings. The average Bonchev–Trinajstić information content (AvgIpc) is 2.40. The van der Waals surface area contributed by atoms with Gasteiger partial charge in [-0.1, -0.05) is 0 Å². The van der Waals surface area contributed by atoms with Crippen LogP contribution < -0.4 is 5.32 Å². The number of amidine groups is 1. The third-order valence-corrected chi connectivity index (χ3v) is 4.81. The molecule has 1 saturated heterocycles. The molecule has 0 saturated carbocycles. The first-order chi connectivity index (χ1) is 9.83. The SMILES string of the molecule is CC(C)(C)OC(=O)N1CCN=C(NC2CCS(=O)CC2)C1. The van der Waals surface area contributed by atoms with Gasteiger partial charge in [0.05, 0.1) is 13.1 Å². The normalized spacial score (nSPS) is 27.0. The fraction of sp³-hybridized carbons (Fsp3) is 0.857. The molecule has 1 N–H and O–H groups in total. The molecule has 0 aromatic heterocycles. The molecule has 0 aromatic rings. The highest BCUT2D eigenvalue weighted by Gasteiger charge is 2.26. The number of carbonyl (C=O) groups excluding carboxylic acids is 1. The van der Waals surface area contributed by atoms with E-state index in [1.165, 1.54) is 0 Å². The molecule has 0 aromatic carbocycles. The Morgan fingerprint density at radius 1 is 1.38 bits per heavy atom. The van der Waals surface area contributed by atoms with Crippen molar-refractivity contribution in [1.29, 1.82) is 0 Å². The van der Waals surface area contributed by atoms with Gasteiger partial charge in [-0.05, 0) is 33.6 Å². The van der Waals surface area contributed by atoms with Gasteiger partial charge >= 0.3 is 6.09 Å². The molecule has 0 radical (unpaired) electrons. The number of hydrogen-bond donors (Lipinski definition) is 1. The lowest BCUT2D eigenvalue weighted by atomic mass is 10.1. The van der Waals surface area contributed by atoms with Crippen molar-refractivity contribution in [3.05, 3.63) is 0 Å². The van der Waals surface area contributed by atoms with E-state index in [1.807, 2.05) is 20.8 Å². The molecule has 1 amide bonds. The molecule has 0 unspecified atom stereocenters. The Kier molecular flexibility index (Phi) is 5.24. The predicted octanol–water partition coefficient (Wildman–Crippen LogP) is 1.14. The lowest BCUT2D eigenvalue weighted by Crippen LogP contribution is -2.50. The zero-order chi connectivity index (χ0) is 15.5. The van der Waals surface area contributed by atoms with E-state index in [-0.39, 0.29) is 6.09 Å². The van der Waals surface area contributed by atoms with Crippen LogP contribution in [-0.2, 0) is 15.5 Å². The van der Waals surface area contributed by atoms with Gasteiger partial charge in [0.15, 0.2) is 0 Å². The molecule has 0 spiro atoms. The number of nitrogens with zero attached hydrogens (tertiary/aromatic N) is 2. The molecule has 2 rings (SSSR count). The summed E-state index contributed by atoms with van der Waals surface area (Å²) in [5.74, 6) is 2.34. The summed E-state index contributed by atoms with van der Waals surface area (Å²) in [5.41, 5.74) is -0.479. The van der Waals surface area contributed by atoms with Crippen LogP contribution in [0.25, 0.3) is 0 Å². The smallest absolute Gasteiger partial charge is 0.410 e. The third-order valence-electron chi connectivity index (χ3n) is 3.42. The summed E-state index contributed by atoms with van der Waals surface area (Å²) in [7, 11) is -0.658. The van der Waals surface area contributed by atoms with Gasteiger partial charge < -0.3 is 10.1 Å². The third kappa shape index (κ3) is 5.30. The Labute approximate surface area is 128 Å². The standard InChI is InChI=1S/C14H25N3O3S/c1-14(2,3)20-13(18)17-7-6-15-12(10-17)16-11-4-8-21(19)9-5-11/h11H,4-10H2,1-3H3,(H,15,16). The summed E-state index contributed by atoms with van der Waals surface area (Å²) in [5, 5.41) is 3.39. The van der Waals surface area contributed by atoms with Crippen molar-refractivity contribution in [2.24, 2.45) is 4.99 Å². The van der Waals surface area contributed by atoms with E-state index in [1.54, 1.807) is 4.90 Å². The molecule has 7 heteroatoms. The minimum Gasteiger partial charge on any atom is -0.444 e. The summed E-state index contributed by atoms with van der Waals surface area (Å²) in [6, 6.07) is 0.319. The Morgan fingerprint density at radius 3 is 2.67 bits per heavy atom. The zero-order valence-electron chi connectivity index (χ0n) is 13.1. The van der Waals surface area contributed by atoms with E-state index in [0.717, 1.165) is 30.2 Å². The van der Waals surface area contributed by atoms with E-state index in [2.05, 4.69) is 10.3 Å². The van der Waals surface area contributed by atoms with Gasteiger partial charge in [-0.3, -0.25) is 14.1 Å². The number of hydrogen-bond acceptors (Lipinski definition) is 5. The van der Waals surface area contributed by atoms with Gasteiger partial charge in [-0.25, -0.2) is 4.79 Å². The summed E-state index contributed by atoms with van der Waals surface area (Å²) in [6.07, 6.45) is 1.51. The summed E-state index contributed by atoms with van der Waals surface area (Å²) in [4.78, 5) is 18.2. The topological polar surface area (TPSA) is 71.0 Å². The number of amides is 1. The highest BCUT2D eigenvalue weighted by atomic mass is 32.2. The number of rotatable bonds is 1. The largest absolute Gasteiger partial charge is 0.444 e. The Balaban J connectivity index is 1.84. The van der Waals surface area contributed by atoms with E-state index < -0.39 is 16.4 Å². The van der Waals surface area contributed by atoms with Crippen LogP contribution in [0, 0.1) is 0 Å². The highest BCUT2D eigenvalue weighted by molar-refractivity contribution is 7.85. The van der Waals surface area contributed by atoms with Crippen molar-refractivity contribution < 1.29 is 13.7 Å². The number of ether oxygens (including phenoxy) is 1. The first-order valence-corrected chi connectivity index (χ1v) is 8.95. The van der Waals surface area contributed by atoms with Crippen LogP contribution in [0.1, 0.15) is 33.6 Å². The molecule has 120 valence electrons. The summed E-state index contributed by atoms with van der Waals surface area (Å²) < 4.78 is 16.8. The summed E-state index contributed by atoms with van der Waals surface area (Å²) >= 11 is 0. The monoisotopic (exact) mass is 315 g/mol. The minimum absolute atomic E-state index is 0.290. The van der Waals surface area contributed by atoms with Crippen LogP contribution in [0.15, 0.2) is 4.99 Å². The maximum absolute atomic E-state index is 12.1. The lowest BCUT2D eigenvalue weighted by Gasteiger charge is -2.32. The average molecular weight is 315 g/mol. The molecule has 2 aliphatic heterocycles. The second-order valence-corrected chi connectivity index (χ2v) is 8.19. The van der Waals surface area contributed by atoms with E-state index in [0.29, 0.717) is 25.7 Å². The Morgan fingerprint density at radius 2 is 2.05 bits per heavy atom. The maximum atomic E-state index is 12.1. The Hall–Kier alpha value is -1.11. The molecule has 0 bridgehead atoms. The van der Waals surface area contributed by atoms with Gasteiger partial charge in [0.1, 0.15) is 11.4 Å². The van der Waals surface area contributed by atoms with Crippen molar-refractivity contribution in [2.75, 3.05) is 31.1 Å². The first-order valence-electron chi connectivity index (χ1n) is 7.46. The van der Waals surface area contributed by atoms with E-state index in [9.17, 15) is 9.00 Å². The quantitative estimate of drug-likeness (QED) is 0.787. The van der Waals surface area contributed by atoms with Crippen molar-refractivity contribution in [3.63, 3.8) is 0 Å². The van der Waals surface area contributed by atoms with Crippen molar-refractivity contribution >= 4 is 22.7 Å². The molecular formula is C14H25N3O3S. The van der Waals surface area contributed by atoms with Gasteiger partial charge in [-0.2, -0.15) is 0 Å². The number of carbonyl (C=O) groups is 1. The lowest BCUT2D eigenvalue weighted by molar-refractivity contribution is 0.0276. The molecule has 2 heterocycles. The minimum atomic E-state index is -0.658. The first kappa shape index (κ1) is 16.3. The molecule has 2 aliphatic rings. The van der Waals surface area contributed by atoms with Crippen LogP contribution in [0.4, 0.5) is 4.79 Å². The molecule has 6 nitrogen and oxygen atoms in total. The predicted molar refractivity (Wildman–Crippen MR) is 84.1 cm³/mol. The van der Waals surface area contributed by atoms with Gasteiger partial charge in [0.2, 0.25) is 0 Å². The van der Waals surface area contributed by atoms with Gasteiger partial charge in [0.25, 0.3) is 0 Å². The zero-order valence-corrected chi connectivity index (χ0v) is 13.9. The van der Waals surface area contributed by atoms with Crippen LogP contribution in [0.3, 0.4) is 0 Å².